The second-order valence-corrected chi connectivity index (χ2v) is 4.24. The monoisotopic (exact) mass is 211 g/mol. The highest BCUT2D eigenvalue weighted by Crippen LogP contribution is 2.23. The van der Waals surface area contributed by atoms with Crippen molar-refractivity contribution in [1.29, 1.82) is 0 Å². The summed E-state index contributed by atoms with van der Waals surface area (Å²) in [7, 11) is 1.82. The lowest BCUT2D eigenvalue weighted by atomic mass is 9.90. The van der Waals surface area contributed by atoms with E-state index >= 15 is 0 Å². The van der Waals surface area contributed by atoms with Crippen LogP contribution in [0.5, 0.6) is 0 Å². The second-order valence-electron chi connectivity index (χ2n) is 4.24. The molecule has 0 bridgehead atoms. The van der Waals surface area contributed by atoms with Crippen molar-refractivity contribution in [3.05, 3.63) is 11.6 Å². The van der Waals surface area contributed by atoms with E-state index in [1.165, 1.54) is 25.7 Å². The molecule has 1 N–H and O–H groups in total. The molecule has 0 spiro atoms. The van der Waals surface area contributed by atoms with E-state index in [9.17, 15) is 0 Å². The van der Waals surface area contributed by atoms with Gasteiger partial charge < -0.3 is 10.1 Å². The summed E-state index contributed by atoms with van der Waals surface area (Å²) in [5.41, 5.74) is 1.57. The Kier molecular flexibility index (Phi) is 5.96. The van der Waals surface area contributed by atoms with Crippen LogP contribution in [0.15, 0.2) is 11.6 Å². The van der Waals surface area contributed by atoms with Gasteiger partial charge in [0.15, 0.2) is 0 Å². The van der Waals surface area contributed by atoms with Crippen molar-refractivity contribution in [1.82, 2.24) is 5.32 Å². The lowest BCUT2D eigenvalue weighted by molar-refractivity contribution is 0.0748. The maximum absolute atomic E-state index is 5.56. The minimum absolute atomic E-state index is 0.328. The van der Waals surface area contributed by atoms with Gasteiger partial charge in [-0.1, -0.05) is 25.5 Å². The molecular weight excluding hydrogens is 186 g/mol. The van der Waals surface area contributed by atoms with Gasteiger partial charge in [-0.05, 0) is 38.6 Å². The van der Waals surface area contributed by atoms with Crippen LogP contribution in [0, 0.1) is 0 Å². The van der Waals surface area contributed by atoms with Gasteiger partial charge in [0.2, 0.25) is 0 Å². The standard InChI is InChI=1S/C13H25NO/c1-4-12(15-3)13(14-5-2)11-9-7-6-8-10-11/h9,12-14H,4-8,10H2,1-3H3. The molecule has 2 atom stereocenters. The Morgan fingerprint density at radius 2 is 2.20 bits per heavy atom. The van der Waals surface area contributed by atoms with E-state index in [0.29, 0.717) is 12.1 Å². The third-order valence-corrected chi connectivity index (χ3v) is 3.23. The van der Waals surface area contributed by atoms with Crippen molar-refractivity contribution in [2.75, 3.05) is 13.7 Å². The van der Waals surface area contributed by atoms with E-state index in [1.54, 1.807) is 5.57 Å². The third-order valence-electron chi connectivity index (χ3n) is 3.23. The zero-order valence-electron chi connectivity index (χ0n) is 10.4. The smallest absolute Gasteiger partial charge is 0.0760 e. The van der Waals surface area contributed by atoms with Gasteiger partial charge >= 0.3 is 0 Å². The van der Waals surface area contributed by atoms with E-state index < -0.39 is 0 Å². The van der Waals surface area contributed by atoms with Crippen LogP contribution in [0.1, 0.15) is 46.0 Å². The molecule has 1 rings (SSSR count). The summed E-state index contributed by atoms with van der Waals surface area (Å²) in [5, 5.41) is 3.56. The van der Waals surface area contributed by atoms with Crippen LogP contribution in [0.2, 0.25) is 0 Å². The maximum atomic E-state index is 5.56. The normalized spacial score (nSPS) is 20.9. The molecule has 1 aliphatic rings. The summed E-state index contributed by atoms with van der Waals surface area (Å²) < 4.78 is 5.56. The highest BCUT2D eigenvalue weighted by atomic mass is 16.5. The number of hydrogen-bond acceptors (Lipinski definition) is 2. The first kappa shape index (κ1) is 12.7. The number of nitrogens with one attached hydrogen (secondary N) is 1. The fourth-order valence-corrected chi connectivity index (χ4v) is 2.41. The zero-order chi connectivity index (χ0) is 11.1. The molecule has 2 unspecified atom stereocenters. The molecule has 0 saturated carbocycles. The molecule has 15 heavy (non-hydrogen) atoms. The summed E-state index contributed by atoms with van der Waals surface area (Å²) in [6.45, 7) is 5.38. The summed E-state index contributed by atoms with van der Waals surface area (Å²) in [5.74, 6) is 0. The molecule has 2 nitrogen and oxygen atoms in total. The molecule has 0 aromatic heterocycles. The minimum atomic E-state index is 0.328. The maximum Gasteiger partial charge on any atom is 0.0760 e. The van der Waals surface area contributed by atoms with Crippen molar-refractivity contribution < 1.29 is 4.74 Å². The van der Waals surface area contributed by atoms with Gasteiger partial charge in [-0.15, -0.1) is 0 Å². The highest BCUT2D eigenvalue weighted by molar-refractivity contribution is 5.15. The summed E-state index contributed by atoms with van der Waals surface area (Å²) >= 11 is 0. The van der Waals surface area contributed by atoms with Crippen LogP contribution >= 0.6 is 0 Å². The SMILES string of the molecule is CCNC(C1=CCCCC1)C(CC)OC. The van der Waals surface area contributed by atoms with Crippen LogP contribution in [0.25, 0.3) is 0 Å². The Bertz CT molecular complexity index is 197. The number of methoxy groups -OCH3 is 1. The molecule has 0 aromatic carbocycles. The van der Waals surface area contributed by atoms with Crippen molar-refractivity contribution in [2.24, 2.45) is 0 Å². The number of ether oxygens (including phenoxy) is 1. The fourth-order valence-electron chi connectivity index (χ4n) is 2.41. The number of rotatable bonds is 6. The van der Waals surface area contributed by atoms with Crippen LogP contribution in [-0.4, -0.2) is 25.8 Å². The molecule has 0 aromatic rings. The van der Waals surface area contributed by atoms with Crippen molar-refractivity contribution in [3.8, 4) is 0 Å². The molecule has 1 aliphatic carbocycles. The lowest BCUT2D eigenvalue weighted by Gasteiger charge is -2.30. The average Bonchev–Trinajstić information content (AvgIpc) is 2.30. The van der Waals surface area contributed by atoms with Crippen LogP contribution in [0.4, 0.5) is 0 Å². The molecule has 0 saturated heterocycles. The van der Waals surface area contributed by atoms with Gasteiger partial charge in [-0.25, -0.2) is 0 Å². The predicted octanol–water partition coefficient (Wildman–Crippen LogP) is 2.89. The number of allylic oxidation sites excluding steroid dienone is 1. The first-order chi connectivity index (χ1) is 7.33. The molecule has 0 aliphatic heterocycles. The number of hydrogen-bond donors (Lipinski definition) is 1. The molecular formula is C13H25NO. The average molecular weight is 211 g/mol. The third kappa shape index (κ3) is 3.62. The van der Waals surface area contributed by atoms with E-state index in [-0.39, 0.29) is 0 Å². The van der Waals surface area contributed by atoms with Gasteiger partial charge in [0.25, 0.3) is 0 Å². The van der Waals surface area contributed by atoms with Crippen LogP contribution in [0.3, 0.4) is 0 Å². The first-order valence-corrected chi connectivity index (χ1v) is 6.28. The molecule has 88 valence electrons. The second kappa shape index (κ2) is 7.02. The minimum Gasteiger partial charge on any atom is -0.380 e. The first-order valence-electron chi connectivity index (χ1n) is 6.28. The number of likely N-dealkylation sites (N-methyl/N-ethyl adjacent to an activating group) is 1. The van der Waals surface area contributed by atoms with Gasteiger partial charge in [-0.3, -0.25) is 0 Å². The molecule has 0 amide bonds. The van der Waals surface area contributed by atoms with E-state index in [1.807, 2.05) is 7.11 Å². The molecule has 2 heteroatoms. The van der Waals surface area contributed by atoms with Crippen molar-refractivity contribution >= 4 is 0 Å². The van der Waals surface area contributed by atoms with E-state index in [4.69, 9.17) is 4.74 Å². The fraction of sp³-hybridized carbons (Fsp3) is 0.846. The Hall–Kier alpha value is -0.340. The van der Waals surface area contributed by atoms with Crippen molar-refractivity contribution in [3.63, 3.8) is 0 Å². The quantitative estimate of drug-likeness (QED) is 0.682. The Morgan fingerprint density at radius 3 is 2.67 bits per heavy atom. The van der Waals surface area contributed by atoms with Gasteiger partial charge in [0.05, 0.1) is 12.1 Å². The molecule has 0 fully saturated rings. The Labute approximate surface area is 94.1 Å². The van der Waals surface area contributed by atoms with E-state index in [0.717, 1.165) is 13.0 Å². The summed E-state index contributed by atoms with van der Waals surface area (Å²) in [6, 6.07) is 0.435. The van der Waals surface area contributed by atoms with Gasteiger partial charge in [0.1, 0.15) is 0 Å². The highest BCUT2D eigenvalue weighted by Gasteiger charge is 2.23. The van der Waals surface area contributed by atoms with Crippen LogP contribution < -0.4 is 5.32 Å². The molecule has 0 heterocycles. The van der Waals surface area contributed by atoms with Gasteiger partial charge in [-0.2, -0.15) is 0 Å². The largest absolute Gasteiger partial charge is 0.380 e. The lowest BCUT2D eigenvalue weighted by Crippen LogP contribution is -2.42. The zero-order valence-corrected chi connectivity index (χ0v) is 10.4. The molecule has 0 radical (unpaired) electrons. The Morgan fingerprint density at radius 1 is 1.40 bits per heavy atom. The Balaban J connectivity index is 2.66. The topological polar surface area (TPSA) is 21.3 Å². The van der Waals surface area contributed by atoms with Crippen LogP contribution in [-0.2, 0) is 4.74 Å². The summed E-state index contributed by atoms with van der Waals surface area (Å²) in [4.78, 5) is 0. The summed E-state index contributed by atoms with van der Waals surface area (Å²) in [6.07, 6.45) is 9.01. The van der Waals surface area contributed by atoms with Crippen molar-refractivity contribution in [2.45, 2.75) is 58.1 Å². The van der Waals surface area contributed by atoms with Gasteiger partial charge in [0, 0.05) is 7.11 Å². The predicted molar refractivity (Wildman–Crippen MR) is 65.1 cm³/mol. The van der Waals surface area contributed by atoms with E-state index in [2.05, 4.69) is 25.2 Å².